The second-order valence-corrected chi connectivity index (χ2v) is 6.93. The van der Waals surface area contributed by atoms with Crippen molar-refractivity contribution in [1.82, 2.24) is 0 Å². The Bertz CT molecular complexity index is 440. The van der Waals surface area contributed by atoms with Crippen LogP contribution in [0.1, 0.15) is 58.8 Å². The third-order valence-corrected chi connectivity index (χ3v) is 2.64. The van der Waals surface area contributed by atoms with Crippen LogP contribution in [-0.4, -0.2) is 16.7 Å². The van der Waals surface area contributed by atoms with E-state index >= 15 is 0 Å². The Morgan fingerprint density at radius 2 is 1.20 bits per heavy atom. The van der Waals surface area contributed by atoms with Crippen LogP contribution in [0.5, 0.6) is 5.75 Å². The summed E-state index contributed by atoms with van der Waals surface area (Å²) in [5.74, 6) is 0.519. The average molecular weight is 278 g/mol. The summed E-state index contributed by atoms with van der Waals surface area (Å²) < 4.78 is 0. The van der Waals surface area contributed by atoms with Crippen molar-refractivity contribution in [1.29, 1.82) is 0 Å². The molecule has 0 aliphatic heterocycles. The van der Waals surface area contributed by atoms with Crippen molar-refractivity contribution in [3.63, 3.8) is 0 Å². The number of rotatable bonds is 1. The minimum atomic E-state index is -0.196. The van der Waals surface area contributed by atoms with Gasteiger partial charge in [0.25, 0.3) is 0 Å². The number of aromatic hydroxyl groups is 1. The molecule has 0 heterocycles. The lowest BCUT2D eigenvalue weighted by molar-refractivity contribution is -0.134. The molecule has 0 unspecified atom stereocenters. The summed E-state index contributed by atoms with van der Waals surface area (Å²) in [6, 6.07) is 6.18. The van der Waals surface area contributed by atoms with Gasteiger partial charge < -0.3 is 5.11 Å². The smallest absolute Gasteiger partial charge is 0.159 e. The molecular formula is C17H26O3. The molecule has 0 saturated carbocycles. The summed E-state index contributed by atoms with van der Waals surface area (Å²) >= 11 is 0. The summed E-state index contributed by atoms with van der Waals surface area (Å²) in [4.78, 5) is 22.2. The Hall–Kier alpha value is -1.64. The van der Waals surface area contributed by atoms with Crippen LogP contribution in [0.25, 0.3) is 0 Å². The first-order chi connectivity index (χ1) is 8.85. The molecule has 0 spiro atoms. The zero-order valence-electron chi connectivity index (χ0n) is 13.6. The molecule has 1 aromatic carbocycles. The molecule has 1 aromatic rings. The predicted octanol–water partition coefficient (Wildman–Crippen LogP) is 4.24. The first-order valence-electron chi connectivity index (χ1n) is 6.70. The summed E-state index contributed by atoms with van der Waals surface area (Å²) in [6.07, 6.45) is 0. The van der Waals surface area contributed by atoms with Gasteiger partial charge in [0.15, 0.2) is 5.78 Å². The van der Waals surface area contributed by atoms with Crippen LogP contribution in [0.15, 0.2) is 24.3 Å². The van der Waals surface area contributed by atoms with Crippen LogP contribution in [0, 0.1) is 10.8 Å². The van der Waals surface area contributed by atoms with E-state index in [1.165, 1.54) is 19.1 Å². The highest BCUT2D eigenvalue weighted by atomic mass is 16.3. The second-order valence-electron chi connectivity index (χ2n) is 6.93. The molecule has 1 N–H and O–H groups in total. The maximum Gasteiger partial charge on any atom is 0.159 e. The molecular weight excluding hydrogens is 252 g/mol. The van der Waals surface area contributed by atoms with E-state index in [1.54, 1.807) is 12.1 Å². The molecule has 0 saturated heterocycles. The molecule has 3 heteroatoms. The van der Waals surface area contributed by atoms with Crippen LogP contribution >= 0.6 is 0 Å². The van der Waals surface area contributed by atoms with Crippen LogP contribution in [-0.2, 0) is 4.79 Å². The van der Waals surface area contributed by atoms with Gasteiger partial charge in [0.2, 0.25) is 0 Å². The van der Waals surface area contributed by atoms with Gasteiger partial charge in [-0.1, -0.05) is 41.5 Å². The van der Waals surface area contributed by atoms with Crippen LogP contribution in [0.4, 0.5) is 0 Å². The van der Waals surface area contributed by atoms with Gasteiger partial charge in [0, 0.05) is 16.4 Å². The topological polar surface area (TPSA) is 54.4 Å². The van der Waals surface area contributed by atoms with Gasteiger partial charge in [0.05, 0.1) is 0 Å². The van der Waals surface area contributed by atoms with E-state index in [2.05, 4.69) is 0 Å². The number of hydrogen-bond donors (Lipinski definition) is 1. The lowest BCUT2D eigenvalue weighted by atomic mass is 9.76. The summed E-state index contributed by atoms with van der Waals surface area (Å²) in [5, 5.41) is 8.83. The molecule has 0 aliphatic rings. The largest absolute Gasteiger partial charge is 0.508 e. The van der Waals surface area contributed by atoms with Gasteiger partial charge in [-0.3, -0.25) is 9.59 Å². The summed E-state index contributed by atoms with van der Waals surface area (Å²) in [6.45, 7) is 13.2. The quantitative estimate of drug-likeness (QED) is 0.782. The van der Waals surface area contributed by atoms with E-state index in [-0.39, 0.29) is 22.4 Å². The van der Waals surface area contributed by atoms with Crippen molar-refractivity contribution in [3.05, 3.63) is 29.8 Å². The predicted molar refractivity (Wildman–Crippen MR) is 82.0 cm³/mol. The van der Waals surface area contributed by atoms with Crippen LogP contribution in [0.3, 0.4) is 0 Å². The van der Waals surface area contributed by atoms with Gasteiger partial charge >= 0.3 is 0 Å². The zero-order chi connectivity index (χ0) is 16.1. The Morgan fingerprint density at radius 1 is 0.850 bits per heavy atom. The van der Waals surface area contributed by atoms with Gasteiger partial charge in [-0.2, -0.15) is 0 Å². The standard InChI is InChI=1S/C9H18O.C8H8O2/c1-8(2,3)7(10)9(4,5)6;1-6(9)7-2-4-8(10)5-3-7/h1-6H3;2-5,10H,1H3. The van der Waals surface area contributed by atoms with E-state index in [9.17, 15) is 9.59 Å². The second kappa shape index (κ2) is 6.69. The highest BCUT2D eigenvalue weighted by Gasteiger charge is 2.31. The van der Waals surface area contributed by atoms with Crippen molar-refractivity contribution >= 4 is 11.6 Å². The number of Topliss-reactive ketones (excluding diaryl/α,β-unsaturated/α-hetero) is 2. The number of phenols is 1. The Morgan fingerprint density at radius 3 is 1.40 bits per heavy atom. The van der Waals surface area contributed by atoms with Gasteiger partial charge in [-0.15, -0.1) is 0 Å². The molecule has 3 nitrogen and oxygen atoms in total. The first kappa shape index (κ1) is 18.4. The fraction of sp³-hybridized carbons (Fsp3) is 0.529. The van der Waals surface area contributed by atoms with Gasteiger partial charge in [-0.05, 0) is 31.2 Å². The monoisotopic (exact) mass is 278 g/mol. The Labute approximate surface area is 122 Å². The molecule has 0 fully saturated rings. The lowest BCUT2D eigenvalue weighted by Crippen LogP contribution is -2.32. The zero-order valence-corrected chi connectivity index (χ0v) is 13.6. The molecule has 0 aromatic heterocycles. The first-order valence-corrected chi connectivity index (χ1v) is 6.70. The molecule has 0 atom stereocenters. The molecule has 1 rings (SSSR count). The number of carbonyl (C=O) groups is 2. The van der Waals surface area contributed by atoms with E-state index < -0.39 is 0 Å². The van der Waals surface area contributed by atoms with Crippen molar-refractivity contribution in [2.45, 2.75) is 48.5 Å². The number of benzene rings is 1. The van der Waals surface area contributed by atoms with Crippen LogP contribution < -0.4 is 0 Å². The highest BCUT2D eigenvalue weighted by Crippen LogP contribution is 2.27. The fourth-order valence-electron chi connectivity index (χ4n) is 1.82. The van der Waals surface area contributed by atoms with E-state index in [1.807, 2.05) is 41.5 Å². The normalized spacial score (nSPS) is 11.3. The van der Waals surface area contributed by atoms with E-state index in [0.717, 1.165) is 0 Å². The third kappa shape index (κ3) is 6.50. The maximum atomic E-state index is 11.5. The van der Waals surface area contributed by atoms with E-state index in [4.69, 9.17) is 5.11 Å². The fourth-order valence-corrected chi connectivity index (χ4v) is 1.82. The van der Waals surface area contributed by atoms with Gasteiger partial charge in [0.1, 0.15) is 11.5 Å². The van der Waals surface area contributed by atoms with Crippen molar-refractivity contribution in [2.75, 3.05) is 0 Å². The van der Waals surface area contributed by atoms with Crippen molar-refractivity contribution < 1.29 is 14.7 Å². The lowest BCUT2D eigenvalue weighted by Gasteiger charge is -2.26. The SMILES string of the molecule is CC(=O)c1ccc(O)cc1.CC(C)(C)C(=O)C(C)(C)C. The molecule has 0 aliphatic carbocycles. The average Bonchev–Trinajstić information content (AvgIpc) is 2.27. The highest BCUT2D eigenvalue weighted by molar-refractivity contribution is 5.94. The number of carbonyl (C=O) groups excluding carboxylic acids is 2. The molecule has 0 amide bonds. The molecule has 112 valence electrons. The van der Waals surface area contributed by atoms with Crippen molar-refractivity contribution in [2.24, 2.45) is 10.8 Å². The Kier molecular flexibility index (Phi) is 6.14. The number of phenolic OH excluding ortho intramolecular Hbond substituents is 1. The summed E-state index contributed by atoms with van der Waals surface area (Å²) in [5.41, 5.74) is 0.231. The summed E-state index contributed by atoms with van der Waals surface area (Å²) in [7, 11) is 0. The molecule has 0 radical (unpaired) electrons. The van der Waals surface area contributed by atoms with Gasteiger partial charge in [-0.25, -0.2) is 0 Å². The van der Waals surface area contributed by atoms with E-state index in [0.29, 0.717) is 11.3 Å². The Balaban J connectivity index is 0.000000361. The number of hydrogen-bond acceptors (Lipinski definition) is 3. The number of ketones is 2. The van der Waals surface area contributed by atoms with Crippen LogP contribution in [0.2, 0.25) is 0 Å². The molecule has 20 heavy (non-hydrogen) atoms. The maximum absolute atomic E-state index is 11.5. The van der Waals surface area contributed by atoms with Crippen molar-refractivity contribution in [3.8, 4) is 5.75 Å². The third-order valence-electron chi connectivity index (χ3n) is 2.64. The minimum Gasteiger partial charge on any atom is -0.508 e. The molecule has 0 bridgehead atoms. The minimum absolute atomic E-state index is 0.0139.